The smallest absolute Gasteiger partial charge is 0.0322 e. The van der Waals surface area contributed by atoms with Crippen LogP contribution in [0.2, 0.25) is 0 Å². The summed E-state index contributed by atoms with van der Waals surface area (Å²) in [5, 5.41) is 0. The Labute approximate surface area is 99.3 Å². The van der Waals surface area contributed by atoms with E-state index in [0.29, 0.717) is 17.5 Å². The lowest BCUT2D eigenvalue weighted by molar-refractivity contribution is 0.0923. The third-order valence-corrected chi connectivity index (χ3v) is 3.43. The Kier molecular flexibility index (Phi) is 1.51. The van der Waals surface area contributed by atoms with Gasteiger partial charge < -0.3 is 0 Å². The van der Waals surface area contributed by atoms with E-state index in [1.807, 2.05) is 27.7 Å². The summed E-state index contributed by atoms with van der Waals surface area (Å²) < 4.78 is 34.4. The standard InChI is InChI=1S/C15H22/c1-5-15(14(2,3)4)10-12-8-6-7-9-13(12)11-15/h6-9H,5,10-11H2,1-4H3/i10D2,11D2. The molecule has 0 nitrogen and oxygen atoms in total. The Morgan fingerprint density at radius 3 is 2.00 bits per heavy atom. The van der Waals surface area contributed by atoms with Crippen LogP contribution in [0, 0.1) is 10.8 Å². The summed E-state index contributed by atoms with van der Waals surface area (Å²) in [5.74, 6) is 0. The van der Waals surface area contributed by atoms with Crippen LogP contribution in [0.5, 0.6) is 0 Å². The summed E-state index contributed by atoms with van der Waals surface area (Å²) in [6, 6.07) is 7.05. The Bertz CT molecular complexity index is 462. The second kappa shape index (κ2) is 3.37. The number of hydrogen-bond donors (Lipinski definition) is 0. The van der Waals surface area contributed by atoms with Crippen molar-refractivity contribution in [3.05, 3.63) is 35.4 Å². The second-order valence-corrected chi connectivity index (χ2v) is 5.30. The summed E-state index contributed by atoms with van der Waals surface area (Å²) in [7, 11) is 0. The molecule has 1 aliphatic carbocycles. The van der Waals surface area contributed by atoms with Crippen LogP contribution in [0.1, 0.15) is 50.7 Å². The molecule has 0 heteroatoms. The van der Waals surface area contributed by atoms with E-state index in [2.05, 4.69) is 0 Å². The number of fused-ring (bicyclic) bond motifs is 1. The molecule has 0 aromatic heterocycles. The van der Waals surface area contributed by atoms with Gasteiger partial charge in [0.2, 0.25) is 0 Å². The van der Waals surface area contributed by atoms with Crippen LogP contribution in [0.3, 0.4) is 0 Å². The zero-order valence-electron chi connectivity index (χ0n) is 14.0. The lowest BCUT2D eigenvalue weighted by atomic mass is 9.63. The topological polar surface area (TPSA) is 0 Å². The zero-order chi connectivity index (χ0) is 14.7. The number of hydrogen-bond acceptors (Lipinski definition) is 0. The molecule has 0 saturated heterocycles. The van der Waals surface area contributed by atoms with Gasteiger partial charge in [-0.3, -0.25) is 0 Å². The van der Waals surface area contributed by atoms with Gasteiger partial charge in [0.1, 0.15) is 0 Å². The fourth-order valence-corrected chi connectivity index (χ4v) is 2.27. The van der Waals surface area contributed by atoms with Crippen molar-refractivity contribution in [2.75, 3.05) is 0 Å². The van der Waals surface area contributed by atoms with Gasteiger partial charge in [-0.1, -0.05) is 52.0 Å². The van der Waals surface area contributed by atoms with E-state index in [-0.39, 0.29) is 0 Å². The van der Waals surface area contributed by atoms with Crippen molar-refractivity contribution in [3.63, 3.8) is 0 Å². The predicted molar refractivity (Wildman–Crippen MR) is 66.0 cm³/mol. The molecule has 0 unspecified atom stereocenters. The van der Waals surface area contributed by atoms with E-state index in [1.54, 1.807) is 24.3 Å². The van der Waals surface area contributed by atoms with Crippen molar-refractivity contribution in [1.82, 2.24) is 0 Å². The normalized spacial score (nSPS) is 29.6. The highest BCUT2D eigenvalue weighted by molar-refractivity contribution is 5.35. The van der Waals surface area contributed by atoms with E-state index in [4.69, 9.17) is 5.48 Å². The van der Waals surface area contributed by atoms with Crippen LogP contribution in [-0.4, -0.2) is 0 Å². The molecule has 0 saturated carbocycles. The molecule has 1 aromatic carbocycles. The van der Waals surface area contributed by atoms with Gasteiger partial charge in [-0.2, -0.15) is 0 Å². The first-order chi connectivity index (χ1) is 8.54. The van der Waals surface area contributed by atoms with Crippen molar-refractivity contribution in [2.24, 2.45) is 10.8 Å². The first kappa shape index (κ1) is 6.73. The van der Waals surface area contributed by atoms with Crippen molar-refractivity contribution >= 4 is 0 Å². The average molecular weight is 206 g/mol. The molecule has 0 heterocycles. The first-order valence-corrected chi connectivity index (χ1v) is 5.64. The molecule has 0 fully saturated rings. The van der Waals surface area contributed by atoms with E-state index in [1.165, 1.54) is 0 Å². The molecule has 2 rings (SSSR count). The van der Waals surface area contributed by atoms with Gasteiger partial charge in [0.25, 0.3) is 0 Å². The SMILES string of the molecule is [2H]C1([2H])c2ccccc2C([2H])([2H])C1(CC)C(C)(C)C. The monoisotopic (exact) mass is 206 g/mol. The van der Waals surface area contributed by atoms with Gasteiger partial charge in [0.15, 0.2) is 0 Å². The Morgan fingerprint density at radius 2 is 1.67 bits per heavy atom. The molecule has 1 aromatic rings. The molecular formula is C15H22. The molecule has 0 N–H and O–H groups in total. The van der Waals surface area contributed by atoms with E-state index in [9.17, 15) is 0 Å². The summed E-state index contributed by atoms with van der Waals surface area (Å²) in [4.78, 5) is 0. The maximum absolute atomic E-state index is 8.61. The molecular weight excluding hydrogens is 180 g/mol. The fourth-order valence-electron chi connectivity index (χ4n) is 2.27. The minimum Gasteiger partial charge on any atom is -0.0648 e. The van der Waals surface area contributed by atoms with Crippen LogP contribution in [-0.2, 0) is 12.7 Å². The highest BCUT2D eigenvalue weighted by Crippen LogP contribution is 2.51. The predicted octanol–water partition coefficient (Wildman–Crippen LogP) is 4.23. The maximum Gasteiger partial charge on any atom is 0.0322 e. The third-order valence-electron chi connectivity index (χ3n) is 3.43. The molecule has 0 bridgehead atoms. The summed E-state index contributed by atoms with van der Waals surface area (Å²) >= 11 is 0. The van der Waals surface area contributed by atoms with Crippen LogP contribution in [0.25, 0.3) is 0 Å². The van der Waals surface area contributed by atoms with Gasteiger partial charge >= 0.3 is 0 Å². The minimum atomic E-state index is -1.67. The van der Waals surface area contributed by atoms with Crippen molar-refractivity contribution in [3.8, 4) is 0 Å². The number of rotatable bonds is 1. The van der Waals surface area contributed by atoms with Crippen molar-refractivity contribution in [2.45, 2.75) is 46.9 Å². The first-order valence-electron chi connectivity index (χ1n) is 7.64. The zero-order valence-corrected chi connectivity index (χ0v) is 10.0. The lowest BCUT2D eigenvalue weighted by Crippen LogP contribution is -2.35. The van der Waals surface area contributed by atoms with Gasteiger partial charge in [0, 0.05) is 5.48 Å². The average Bonchev–Trinajstić information content (AvgIpc) is 2.41. The Balaban J connectivity index is 2.85. The van der Waals surface area contributed by atoms with Gasteiger partial charge in [-0.25, -0.2) is 0 Å². The van der Waals surface area contributed by atoms with Crippen molar-refractivity contribution in [1.29, 1.82) is 0 Å². The quantitative estimate of drug-likeness (QED) is 0.645. The van der Waals surface area contributed by atoms with Gasteiger partial charge in [-0.15, -0.1) is 0 Å². The highest BCUT2D eigenvalue weighted by atomic mass is 14.5. The van der Waals surface area contributed by atoms with Gasteiger partial charge in [0.05, 0.1) is 0 Å². The third kappa shape index (κ3) is 1.60. The fraction of sp³-hybridized carbons (Fsp3) is 0.600. The van der Waals surface area contributed by atoms with Gasteiger partial charge in [-0.05, 0) is 41.1 Å². The van der Waals surface area contributed by atoms with Crippen LogP contribution in [0.15, 0.2) is 24.3 Å². The van der Waals surface area contributed by atoms with Crippen LogP contribution >= 0.6 is 0 Å². The van der Waals surface area contributed by atoms with Crippen molar-refractivity contribution < 1.29 is 5.48 Å². The molecule has 1 aliphatic rings. The minimum absolute atomic E-state index is 0.463. The maximum atomic E-state index is 8.61. The lowest BCUT2D eigenvalue weighted by Gasteiger charge is -2.41. The van der Waals surface area contributed by atoms with E-state index in [0.717, 1.165) is 0 Å². The summed E-state index contributed by atoms with van der Waals surface area (Å²) in [6.45, 7) is 7.72. The van der Waals surface area contributed by atoms with E-state index < -0.39 is 23.6 Å². The Hall–Kier alpha value is -0.780. The molecule has 0 aliphatic heterocycles. The molecule has 0 radical (unpaired) electrons. The largest absolute Gasteiger partial charge is 0.0648 e. The highest BCUT2D eigenvalue weighted by Gasteiger charge is 2.44. The summed E-state index contributed by atoms with van der Waals surface area (Å²) in [6.07, 6.45) is -2.87. The summed E-state index contributed by atoms with van der Waals surface area (Å²) in [5.41, 5.74) is -0.515. The molecule has 82 valence electrons. The molecule has 0 atom stereocenters. The van der Waals surface area contributed by atoms with Crippen LogP contribution < -0.4 is 0 Å². The second-order valence-electron chi connectivity index (χ2n) is 5.30. The molecule has 15 heavy (non-hydrogen) atoms. The van der Waals surface area contributed by atoms with Crippen LogP contribution in [0.4, 0.5) is 0 Å². The molecule has 0 spiro atoms. The molecule has 0 amide bonds. The Morgan fingerprint density at radius 1 is 1.20 bits per heavy atom. The number of benzene rings is 1. The van der Waals surface area contributed by atoms with E-state index >= 15 is 0 Å².